The number of nitrogens with one attached hydrogen (secondary N) is 1. The van der Waals surface area contributed by atoms with E-state index in [4.69, 9.17) is 4.74 Å². The summed E-state index contributed by atoms with van der Waals surface area (Å²) >= 11 is 0. The van der Waals surface area contributed by atoms with Crippen LogP contribution in [0.1, 0.15) is 56.8 Å². The third-order valence-corrected chi connectivity index (χ3v) is 5.73. The Morgan fingerprint density at radius 1 is 1.21 bits per heavy atom. The first kappa shape index (κ1) is 17.0. The van der Waals surface area contributed by atoms with Crippen molar-refractivity contribution in [3.63, 3.8) is 0 Å². The SMILES string of the molecule is CC(=O)c1cccc(OC(C)C(=O)NC(C)C2CC3CCC2C3)c1. The van der Waals surface area contributed by atoms with Gasteiger partial charge < -0.3 is 10.1 Å². The smallest absolute Gasteiger partial charge is 0.260 e. The van der Waals surface area contributed by atoms with Crippen molar-refractivity contribution in [1.82, 2.24) is 5.32 Å². The summed E-state index contributed by atoms with van der Waals surface area (Å²) in [5.74, 6) is 2.73. The van der Waals surface area contributed by atoms with E-state index in [1.807, 2.05) is 0 Å². The number of ether oxygens (including phenoxy) is 1. The summed E-state index contributed by atoms with van der Waals surface area (Å²) in [5.41, 5.74) is 0.593. The van der Waals surface area contributed by atoms with Crippen LogP contribution < -0.4 is 10.1 Å². The number of benzene rings is 1. The van der Waals surface area contributed by atoms with Crippen LogP contribution in [-0.2, 0) is 4.79 Å². The molecular weight excluding hydrogens is 302 g/mol. The zero-order valence-electron chi connectivity index (χ0n) is 14.7. The summed E-state index contributed by atoms with van der Waals surface area (Å²) in [6.45, 7) is 5.39. The van der Waals surface area contributed by atoms with E-state index in [2.05, 4.69) is 12.2 Å². The van der Waals surface area contributed by atoms with Gasteiger partial charge in [0.25, 0.3) is 5.91 Å². The Balaban J connectivity index is 1.55. The molecule has 1 aromatic carbocycles. The van der Waals surface area contributed by atoms with E-state index in [1.165, 1.54) is 32.6 Å². The van der Waals surface area contributed by atoms with Gasteiger partial charge in [0.05, 0.1) is 0 Å². The van der Waals surface area contributed by atoms with Gasteiger partial charge in [-0.1, -0.05) is 18.6 Å². The Labute approximate surface area is 144 Å². The maximum Gasteiger partial charge on any atom is 0.260 e. The topological polar surface area (TPSA) is 55.4 Å². The molecule has 2 fully saturated rings. The van der Waals surface area contributed by atoms with Crippen LogP contribution in [0.5, 0.6) is 5.75 Å². The van der Waals surface area contributed by atoms with Crippen LogP contribution in [0, 0.1) is 17.8 Å². The molecular formula is C20H27NO3. The van der Waals surface area contributed by atoms with Gasteiger partial charge in [-0.2, -0.15) is 0 Å². The van der Waals surface area contributed by atoms with Crippen molar-refractivity contribution in [2.75, 3.05) is 0 Å². The average Bonchev–Trinajstić information content (AvgIpc) is 3.18. The molecule has 0 spiro atoms. The van der Waals surface area contributed by atoms with E-state index >= 15 is 0 Å². The monoisotopic (exact) mass is 329 g/mol. The predicted octanol–water partition coefficient (Wildman–Crippen LogP) is 3.60. The highest BCUT2D eigenvalue weighted by molar-refractivity contribution is 5.94. The van der Waals surface area contributed by atoms with Crippen LogP contribution in [0.3, 0.4) is 0 Å². The highest BCUT2D eigenvalue weighted by atomic mass is 16.5. The Morgan fingerprint density at radius 2 is 2.00 bits per heavy atom. The third kappa shape index (κ3) is 3.63. The molecule has 0 aliphatic heterocycles. The quantitative estimate of drug-likeness (QED) is 0.811. The van der Waals surface area contributed by atoms with Crippen molar-refractivity contribution in [2.24, 2.45) is 17.8 Å². The second-order valence-corrected chi connectivity index (χ2v) is 7.48. The van der Waals surface area contributed by atoms with Crippen molar-refractivity contribution in [3.05, 3.63) is 29.8 Å². The molecule has 0 heterocycles. The molecule has 1 aromatic rings. The number of rotatable bonds is 6. The lowest BCUT2D eigenvalue weighted by atomic mass is 9.84. The summed E-state index contributed by atoms with van der Waals surface area (Å²) in [4.78, 5) is 23.9. The molecule has 0 radical (unpaired) electrons. The number of Topliss-reactive ketones (excluding diaryl/α,β-unsaturated/α-hetero) is 1. The molecule has 0 saturated heterocycles. The molecule has 2 aliphatic rings. The molecule has 2 saturated carbocycles. The van der Waals surface area contributed by atoms with Gasteiger partial charge in [0.1, 0.15) is 5.75 Å². The summed E-state index contributed by atoms with van der Waals surface area (Å²) in [5, 5.41) is 3.13. The molecule has 1 amide bonds. The Hall–Kier alpha value is -1.84. The number of carbonyl (C=O) groups excluding carboxylic acids is 2. The van der Waals surface area contributed by atoms with E-state index in [9.17, 15) is 9.59 Å². The molecule has 5 atom stereocenters. The number of amides is 1. The maximum atomic E-state index is 12.4. The van der Waals surface area contributed by atoms with Crippen molar-refractivity contribution < 1.29 is 14.3 Å². The molecule has 24 heavy (non-hydrogen) atoms. The lowest BCUT2D eigenvalue weighted by Gasteiger charge is -2.29. The summed E-state index contributed by atoms with van der Waals surface area (Å²) in [6.07, 6.45) is 4.71. The van der Waals surface area contributed by atoms with Crippen LogP contribution in [0.4, 0.5) is 0 Å². The van der Waals surface area contributed by atoms with Crippen LogP contribution in [0.2, 0.25) is 0 Å². The number of hydrogen-bond acceptors (Lipinski definition) is 3. The molecule has 0 aromatic heterocycles. The van der Waals surface area contributed by atoms with Gasteiger partial charge in [0, 0.05) is 11.6 Å². The normalized spacial score (nSPS) is 27.5. The van der Waals surface area contributed by atoms with Crippen LogP contribution >= 0.6 is 0 Å². The minimum absolute atomic E-state index is 0.0116. The van der Waals surface area contributed by atoms with Gasteiger partial charge in [-0.3, -0.25) is 9.59 Å². The predicted molar refractivity (Wildman–Crippen MR) is 93.1 cm³/mol. The highest BCUT2D eigenvalue weighted by Crippen LogP contribution is 2.49. The van der Waals surface area contributed by atoms with Gasteiger partial charge in [-0.15, -0.1) is 0 Å². The molecule has 5 unspecified atom stereocenters. The summed E-state index contributed by atoms with van der Waals surface area (Å²) < 4.78 is 5.73. The van der Waals surface area contributed by atoms with Crippen molar-refractivity contribution in [2.45, 2.75) is 58.6 Å². The van der Waals surface area contributed by atoms with Gasteiger partial charge in [-0.05, 0) is 69.9 Å². The first-order chi connectivity index (χ1) is 11.4. The number of ketones is 1. The van der Waals surface area contributed by atoms with Crippen LogP contribution in [0.15, 0.2) is 24.3 Å². The van der Waals surface area contributed by atoms with Crippen LogP contribution in [0.25, 0.3) is 0 Å². The molecule has 4 nitrogen and oxygen atoms in total. The van der Waals surface area contributed by atoms with Gasteiger partial charge >= 0.3 is 0 Å². The van der Waals surface area contributed by atoms with Crippen LogP contribution in [-0.4, -0.2) is 23.8 Å². The van der Waals surface area contributed by atoms with Gasteiger partial charge in [0.2, 0.25) is 0 Å². The van der Waals surface area contributed by atoms with Gasteiger partial charge in [0.15, 0.2) is 11.9 Å². The third-order valence-electron chi connectivity index (χ3n) is 5.73. The fraction of sp³-hybridized carbons (Fsp3) is 0.600. The van der Waals surface area contributed by atoms with E-state index in [0.717, 1.165) is 11.8 Å². The second kappa shape index (κ2) is 6.96. The Morgan fingerprint density at radius 3 is 2.62 bits per heavy atom. The lowest BCUT2D eigenvalue weighted by molar-refractivity contribution is -0.128. The molecule has 2 bridgehead atoms. The first-order valence-electron chi connectivity index (χ1n) is 9.02. The zero-order chi connectivity index (χ0) is 17.3. The minimum Gasteiger partial charge on any atom is -0.481 e. The summed E-state index contributed by atoms with van der Waals surface area (Å²) in [6, 6.07) is 7.18. The molecule has 2 aliphatic carbocycles. The molecule has 1 N–H and O–H groups in total. The van der Waals surface area contributed by atoms with E-state index < -0.39 is 6.10 Å². The maximum absolute atomic E-state index is 12.4. The number of fused-ring (bicyclic) bond motifs is 2. The lowest BCUT2D eigenvalue weighted by Crippen LogP contribution is -2.45. The largest absolute Gasteiger partial charge is 0.481 e. The van der Waals surface area contributed by atoms with Crippen molar-refractivity contribution in [1.29, 1.82) is 0 Å². The first-order valence-corrected chi connectivity index (χ1v) is 9.02. The van der Waals surface area contributed by atoms with Crippen molar-refractivity contribution in [3.8, 4) is 5.75 Å². The van der Waals surface area contributed by atoms with Gasteiger partial charge in [-0.25, -0.2) is 0 Å². The second-order valence-electron chi connectivity index (χ2n) is 7.48. The summed E-state index contributed by atoms with van der Waals surface area (Å²) in [7, 11) is 0. The highest BCUT2D eigenvalue weighted by Gasteiger charge is 2.42. The standard InChI is InChI=1S/C20H27NO3/c1-12(19-10-15-7-8-17(19)9-15)21-20(23)14(3)24-18-6-4-5-16(11-18)13(2)22/h4-6,11-12,14-15,17,19H,7-10H2,1-3H3,(H,21,23). The van der Waals surface area contributed by atoms with E-state index in [-0.39, 0.29) is 17.7 Å². The zero-order valence-corrected chi connectivity index (χ0v) is 14.7. The fourth-order valence-corrected chi connectivity index (χ4v) is 4.40. The Kier molecular flexibility index (Phi) is 4.93. The molecule has 3 rings (SSSR count). The average molecular weight is 329 g/mol. The molecule has 130 valence electrons. The van der Waals surface area contributed by atoms with Crippen molar-refractivity contribution >= 4 is 11.7 Å². The Bertz CT molecular complexity index is 627. The molecule has 4 heteroatoms. The van der Waals surface area contributed by atoms with E-state index in [0.29, 0.717) is 17.2 Å². The number of hydrogen-bond donors (Lipinski definition) is 1. The fourth-order valence-electron chi connectivity index (χ4n) is 4.40. The minimum atomic E-state index is -0.576. The van der Waals surface area contributed by atoms with E-state index in [1.54, 1.807) is 31.2 Å². The number of carbonyl (C=O) groups is 2.